The highest BCUT2D eigenvalue weighted by Gasteiger charge is 2.15. The van der Waals surface area contributed by atoms with Crippen molar-refractivity contribution in [1.82, 2.24) is 24.8 Å². The fourth-order valence-corrected chi connectivity index (χ4v) is 4.33. The highest BCUT2D eigenvalue weighted by molar-refractivity contribution is 7.92. The van der Waals surface area contributed by atoms with Crippen LogP contribution in [0.25, 0.3) is 28.4 Å². The zero-order valence-corrected chi connectivity index (χ0v) is 18.3. The van der Waals surface area contributed by atoms with Gasteiger partial charge in [-0.05, 0) is 60.7 Å². The van der Waals surface area contributed by atoms with Crippen molar-refractivity contribution in [1.29, 1.82) is 0 Å². The van der Waals surface area contributed by atoms with Gasteiger partial charge in [0.2, 0.25) is 5.82 Å². The van der Waals surface area contributed by atoms with Crippen LogP contribution in [0.3, 0.4) is 0 Å². The Balaban J connectivity index is 1.41. The Bertz CT molecular complexity index is 1520. The molecule has 10 heteroatoms. The van der Waals surface area contributed by atoms with Gasteiger partial charge in [-0.1, -0.05) is 18.2 Å². The summed E-state index contributed by atoms with van der Waals surface area (Å²) < 4.78 is 34.6. The molecule has 3 heterocycles. The number of rotatable bonds is 6. The van der Waals surface area contributed by atoms with Crippen LogP contribution in [0, 0.1) is 0 Å². The number of benzene rings is 2. The van der Waals surface area contributed by atoms with Crippen molar-refractivity contribution < 1.29 is 13.2 Å². The van der Waals surface area contributed by atoms with E-state index >= 15 is 0 Å². The maximum Gasteiger partial charge on any atom is 0.261 e. The topological polar surface area (TPSA) is 111 Å². The van der Waals surface area contributed by atoms with Crippen molar-refractivity contribution in [3.8, 4) is 28.5 Å². The van der Waals surface area contributed by atoms with Gasteiger partial charge < -0.3 is 4.74 Å². The molecule has 9 nitrogen and oxygen atoms in total. The lowest BCUT2D eigenvalue weighted by atomic mass is 10.1. The molecule has 0 saturated carbocycles. The van der Waals surface area contributed by atoms with E-state index in [1.54, 1.807) is 47.1 Å². The first-order valence-corrected chi connectivity index (χ1v) is 11.4. The number of nitrogens with zero attached hydrogens (tertiary/aromatic N) is 5. The van der Waals surface area contributed by atoms with Crippen LogP contribution in [0.2, 0.25) is 0 Å². The van der Waals surface area contributed by atoms with Gasteiger partial charge in [0.05, 0.1) is 17.7 Å². The van der Waals surface area contributed by atoms with Crippen LogP contribution in [0.1, 0.15) is 0 Å². The lowest BCUT2D eigenvalue weighted by Gasteiger charge is -2.09. The first-order chi connectivity index (χ1) is 16.0. The van der Waals surface area contributed by atoms with Crippen LogP contribution in [0.4, 0.5) is 5.69 Å². The second-order valence-corrected chi connectivity index (χ2v) is 8.77. The number of sulfonamides is 1. The summed E-state index contributed by atoms with van der Waals surface area (Å²) in [5.74, 6) is 1.12. The Labute approximate surface area is 189 Å². The molecule has 2 aromatic carbocycles. The van der Waals surface area contributed by atoms with E-state index in [0.717, 1.165) is 5.56 Å². The molecular weight excluding hydrogens is 440 g/mol. The van der Waals surface area contributed by atoms with E-state index in [2.05, 4.69) is 25.0 Å². The van der Waals surface area contributed by atoms with Crippen molar-refractivity contribution in [2.45, 2.75) is 4.90 Å². The van der Waals surface area contributed by atoms with Gasteiger partial charge in [-0.15, -0.1) is 10.2 Å². The number of nitrogens with one attached hydrogen (secondary N) is 1. The molecule has 164 valence electrons. The predicted octanol–water partition coefficient (Wildman–Crippen LogP) is 3.66. The largest absolute Gasteiger partial charge is 0.497 e. The average Bonchev–Trinajstić information content (AvgIpc) is 3.28. The Kier molecular flexibility index (Phi) is 5.19. The van der Waals surface area contributed by atoms with Crippen molar-refractivity contribution >= 4 is 21.4 Å². The fourth-order valence-electron chi connectivity index (χ4n) is 3.28. The lowest BCUT2D eigenvalue weighted by Crippen LogP contribution is -2.12. The first-order valence-electron chi connectivity index (χ1n) is 9.95. The van der Waals surface area contributed by atoms with Gasteiger partial charge in [-0.2, -0.15) is 9.61 Å². The molecule has 3 aromatic heterocycles. The maximum absolute atomic E-state index is 12.7. The van der Waals surface area contributed by atoms with Crippen LogP contribution in [-0.2, 0) is 10.0 Å². The van der Waals surface area contributed by atoms with Crippen molar-refractivity contribution in [3.63, 3.8) is 0 Å². The van der Waals surface area contributed by atoms with Gasteiger partial charge in [0.1, 0.15) is 11.4 Å². The predicted molar refractivity (Wildman–Crippen MR) is 123 cm³/mol. The summed E-state index contributed by atoms with van der Waals surface area (Å²) in [7, 11) is -2.20. The van der Waals surface area contributed by atoms with Crippen LogP contribution in [0.5, 0.6) is 5.75 Å². The molecule has 1 N–H and O–H groups in total. The van der Waals surface area contributed by atoms with Gasteiger partial charge in [0.25, 0.3) is 10.0 Å². The standard InChI is InChI=1S/C23H18N6O3S/c1-32-18-9-11-19(12-10-18)33(30,31)28-17-7-5-16(6-8-17)20-13-14-22-25-26-23(29(22)27-20)21-4-2-3-15-24-21/h2-15,28H,1H3. The molecule has 0 amide bonds. The molecule has 0 radical (unpaired) electrons. The third kappa shape index (κ3) is 4.11. The maximum atomic E-state index is 12.7. The van der Waals surface area contributed by atoms with Crippen LogP contribution >= 0.6 is 0 Å². The number of hydrogen-bond acceptors (Lipinski definition) is 7. The van der Waals surface area contributed by atoms with Gasteiger partial charge >= 0.3 is 0 Å². The second-order valence-electron chi connectivity index (χ2n) is 7.09. The summed E-state index contributed by atoms with van der Waals surface area (Å²) in [6, 6.07) is 22.4. The highest BCUT2D eigenvalue weighted by Crippen LogP contribution is 2.24. The van der Waals surface area contributed by atoms with Crippen LogP contribution in [0.15, 0.2) is 90.0 Å². The molecule has 0 spiro atoms. The van der Waals surface area contributed by atoms with E-state index in [-0.39, 0.29) is 4.90 Å². The Hall–Kier alpha value is -4.31. The van der Waals surface area contributed by atoms with Gasteiger partial charge in [0.15, 0.2) is 5.65 Å². The molecule has 0 fully saturated rings. The molecule has 33 heavy (non-hydrogen) atoms. The fraction of sp³-hybridized carbons (Fsp3) is 0.0435. The Morgan fingerprint density at radius 2 is 1.64 bits per heavy atom. The zero-order chi connectivity index (χ0) is 22.8. The zero-order valence-electron chi connectivity index (χ0n) is 17.5. The van der Waals surface area contributed by atoms with Crippen LogP contribution < -0.4 is 9.46 Å². The minimum Gasteiger partial charge on any atom is -0.497 e. The Morgan fingerprint density at radius 3 is 2.33 bits per heavy atom. The lowest BCUT2D eigenvalue weighted by molar-refractivity contribution is 0.414. The number of ether oxygens (including phenoxy) is 1. The van der Waals surface area contributed by atoms with Crippen LogP contribution in [-0.4, -0.2) is 40.3 Å². The van der Waals surface area contributed by atoms with Gasteiger partial charge in [-0.3, -0.25) is 9.71 Å². The van der Waals surface area contributed by atoms with E-state index in [4.69, 9.17) is 4.74 Å². The number of fused-ring (bicyclic) bond motifs is 1. The van der Waals surface area contributed by atoms with E-state index in [1.165, 1.54) is 19.2 Å². The minimum absolute atomic E-state index is 0.147. The van der Waals surface area contributed by atoms with Crippen molar-refractivity contribution in [3.05, 3.63) is 85.1 Å². The summed E-state index contributed by atoms with van der Waals surface area (Å²) in [5, 5.41) is 13.0. The molecule has 0 aliphatic heterocycles. The van der Waals surface area contributed by atoms with Crippen molar-refractivity contribution in [2.24, 2.45) is 0 Å². The molecule has 0 aliphatic rings. The molecule has 5 rings (SSSR count). The second kappa shape index (κ2) is 8.32. The quantitative estimate of drug-likeness (QED) is 0.413. The molecule has 0 atom stereocenters. The van der Waals surface area contributed by atoms with E-state index < -0.39 is 10.0 Å². The van der Waals surface area contributed by atoms with E-state index in [0.29, 0.717) is 34.3 Å². The summed E-state index contributed by atoms with van der Waals surface area (Å²) >= 11 is 0. The number of hydrogen-bond donors (Lipinski definition) is 1. The number of pyridine rings is 1. The molecule has 0 aliphatic carbocycles. The number of aromatic nitrogens is 5. The van der Waals surface area contributed by atoms with Gasteiger partial charge in [-0.25, -0.2) is 8.42 Å². The SMILES string of the molecule is COc1ccc(S(=O)(=O)Nc2ccc(-c3ccc4nnc(-c5ccccn5)n4n3)cc2)cc1. The number of anilines is 1. The third-order valence-electron chi connectivity index (χ3n) is 4.96. The average molecular weight is 459 g/mol. The van der Waals surface area contributed by atoms with E-state index in [9.17, 15) is 8.42 Å². The minimum atomic E-state index is -3.72. The Morgan fingerprint density at radius 1 is 0.848 bits per heavy atom. The monoisotopic (exact) mass is 458 g/mol. The molecule has 0 unspecified atom stereocenters. The summed E-state index contributed by atoms with van der Waals surface area (Å²) in [4.78, 5) is 4.47. The number of methoxy groups -OCH3 is 1. The summed E-state index contributed by atoms with van der Waals surface area (Å²) in [5.41, 5.74) is 3.20. The smallest absolute Gasteiger partial charge is 0.261 e. The molecule has 0 saturated heterocycles. The molecular formula is C23H18N6O3S. The molecule has 0 bridgehead atoms. The highest BCUT2D eigenvalue weighted by atomic mass is 32.2. The van der Waals surface area contributed by atoms with Crippen molar-refractivity contribution in [2.75, 3.05) is 11.8 Å². The summed E-state index contributed by atoms with van der Waals surface area (Å²) in [6.45, 7) is 0. The summed E-state index contributed by atoms with van der Waals surface area (Å²) in [6.07, 6.45) is 1.69. The third-order valence-corrected chi connectivity index (χ3v) is 6.36. The normalized spacial score (nSPS) is 11.4. The van der Waals surface area contributed by atoms with Gasteiger partial charge in [0, 0.05) is 17.4 Å². The van der Waals surface area contributed by atoms with E-state index in [1.807, 2.05) is 30.3 Å². The molecule has 5 aromatic rings. The first kappa shape index (κ1) is 20.6.